The van der Waals surface area contributed by atoms with Crippen LogP contribution in [-0.4, -0.2) is 126 Å². The van der Waals surface area contributed by atoms with Gasteiger partial charge < -0.3 is 55.5 Å². The van der Waals surface area contributed by atoms with Crippen LogP contribution in [0.2, 0.25) is 169 Å². The lowest BCUT2D eigenvalue weighted by molar-refractivity contribution is 0.253. The molecule has 0 saturated carbocycles. The van der Waals surface area contributed by atoms with Gasteiger partial charge in [-0.05, 0) is 182 Å². The van der Waals surface area contributed by atoms with Crippen molar-refractivity contribution < 1.29 is 55.5 Å². The maximum atomic E-state index is 9.33. The zero-order valence-electron chi connectivity index (χ0n) is 39.6. The summed E-state index contributed by atoms with van der Waals surface area (Å²) in [6.07, 6.45) is 1.48. The van der Waals surface area contributed by atoms with E-state index in [0.29, 0.717) is 0 Å². The summed E-state index contributed by atoms with van der Waals surface area (Å²) >= 11 is 0. The lowest BCUT2D eigenvalue weighted by Crippen LogP contribution is -2.62. The van der Waals surface area contributed by atoms with Gasteiger partial charge in [0.15, 0.2) is 16.6 Å². The Bertz CT molecular complexity index is 1100. The second-order valence-corrected chi connectivity index (χ2v) is 65.3. The van der Waals surface area contributed by atoms with Gasteiger partial charge in [-0.2, -0.15) is 0 Å². The standard InChI is InChI=1S/C30H86O13Si12/c1-44(2,29-25-27-31)33-46(5,6)35-48(9,10)37-50(13,14)39-52(17,18)41-54(21,22)43-55(23,24)42-53(19,20)40-51(15,16)38-49(11,12)36-47(7,8)34-45(3,4)30-26-28-32/h31-32H,25-30H2,1-24H3. The van der Waals surface area contributed by atoms with Gasteiger partial charge in [-0.1, -0.05) is 0 Å². The van der Waals surface area contributed by atoms with Crippen LogP contribution in [0.15, 0.2) is 0 Å². The van der Waals surface area contributed by atoms with Crippen LogP contribution in [0.5, 0.6) is 0 Å². The average molecular weight is 992 g/mol. The fourth-order valence-electron chi connectivity index (χ4n) is 7.98. The molecular formula is C30H86O13Si12. The van der Waals surface area contributed by atoms with Crippen molar-refractivity contribution >= 4 is 102 Å². The summed E-state index contributed by atoms with van der Waals surface area (Å²) in [6.45, 7) is 50.4. The average Bonchev–Trinajstić information content (AvgIpc) is 2.77. The van der Waals surface area contributed by atoms with Gasteiger partial charge in [0.2, 0.25) is 0 Å². The maximum absolute atomic E-state index is 9.33. The van der Waals surface area contributed by atoms with E-state index in [1.807, 2.05) is 0 Å². The smallest absolute Gasteiger partial charge is 0.314 e. The van der Waals surface area contributed by atoms with Crippen LogP contribution in [-0.2, 0) is 45.3 Å². The molecule has 0 saturated heterocycles. The molecule has 0 atom stereocenters. The number of aliphatic hydroxyl groups is 2. The van der Waals surface area contributed by atoms with Gasteiger partial charge in [-0.25, -0.2) is 0 Å². The predicted molar refractivity (Wildman–Crippen MR) is 255 cm³/mol. The molecular weight excluding hydrogens is 905 g/mol. The minimum Gasteiger partial charge on any atom is -0.436 e. The fourth-order valence-corrected chi connectivity index (χ4v) is 69.5. The Morgan fingerprint density at radius 2 is 0.364 bits per heavy atom. The molecule has 0 aromatic heterocycles. The Morgan fingerprint density at radius 1 is 0.236 bits per heavy atom. The minimum atomic E-state index is -2.75. The fraction of sp³-hybridized carbons (Fsp3) is 1.00. The SMILES string of the molecule is C[Si](C)(CCCO)O[Si](C)(C)O[Si](C)(C)O[Si](C)(C)O[Si](C)(C)O[Si](C)(C)O[Si](C)(C)O[Si](C)(C)O[Si](C)(C)O[Si](C)(C)O[Si](C)(C)O[Si](C)(C)CCCO. The van der Waals surface area contributed by atoms with E-state index in [0.717, 1.165) is 24.9 Å². The van der Waals surface area contributed by atoms with Crippen LogP contribution in [0.1, 0.15) is 12.8 Å². The zero-order valence-corrected chi connectivity index (χ0v) is 51.6. The van der Waals surface area contributed by atoms with Crippen LogP contribution in [0.4, 0.5) is 0 Å². The zero-order chi connectivity index (χ0) is 44.0. The Balaban J connectivity index is 5.58. The minimum absolute atomic E-state index is 0.173. The van der Waals surface area contributed by atoms with Gasteiger partial charge in [0.1, 0.15) is 0 Å². The molecule has 0 unspecified atom stereocenters. The molecule has 0 spiro atoms. The van der Waals surface area contributed by atoms with Gasteiger partial charge >= 0.3 is 85.6 Å². The second-order valence-electron chi connectivity index (χ2n) is 20.3. The van der Waals surface area contributed by atoms with Crippen molar-refractivity contribution in [1.29, 1.82) is 0 Å². The van der Waals surface area contributed by atoms with E-state index in [1.165, 1.54) is 0 Å². The molecule has 0 aromatic rings. The molecule has 25 heteroatoms. The summed E-state index contributed by atoms with van der Waals surface area (Å²) in [6, 6.07) is 1.78. The summed E-state index contributed by atoms with van der Waals surface area (Å²) in [5.74, 6) is 0. The topological polar surface area (TPSA) is 142 Å². The first kappa shape index (κ1) is 57.1. The molecule has 55 heavy (non-hydrogen) atoms. The van der Waals surface area contributed by atoms with Crippen molar-refractivity contribution in [2.45, 2.75) is 182 Å². The van der Waals surface area contributed by atoms with Crippen LogP contribution >= 0.6 is 0 Å². The first-order chi connectivity index (χ1) is 23.9. The Morgan fingerprint density at radius 3 is 0.491 bits per heavy atom. The number of aliphatic hydroxyl groups excluding tert-OH is 2. The molecule has 13 nitrogen and oxygen atoms in total. The summed E-state index contributed by atoms with van der Waals surface area (Å²) in [5, 5.41) is 18.7. The van der Waals surface area contributed by atoms with E-state index < -0.39 is 102 Å². The molecule has 0 aromatic carbocycles. The van der Waals surface area contributed by atoms with E-state index in [1.54, 1.807) is 0 Å². The number of hydrogen-bond acceptors (Lipinski definition) is 13. The second kappa shape index (κ2) is 20.5. The van der Waals surface area contributed by atoms with E-state index in [-0.39, 0.29) is 13.2 Å². The molecule has 0 aliphatic carbocycles. The van der Waals surface area contributed by atoms with E-state index in [4.69, 9.17) is 45.3 Å². The summed E-state index contributed by atoms with van der Waals surface area (Å²) in [4.78, 5) is 0. The monoisotopic (exact) mass is 990 g/mol. The van der Waals surface area contributed by atoms with Gasteiger partial charge in [0.25, 0.3) is 0 Å². The lowest BCUT2D eigenvalue weighted by Gasteiger charge is -2.45. The van der Waals surface area contributed by atoms with Crippen molar-refractivity contribution in [2.24, 2.45) is 0 Å². The molecule has 0 aliphatic heterocycles. The summed E-state index contributed by atoms with van der Waals surface area (Å²) in [5.41, 5.74) is 0. The van der Waals surface area contributed by atoms with Crippen LogP contribution in [0.3, 0.4) is 0 Å². The third kappa shape index (κ3) is 26.9. The van der Waals surface area contributed by atoms with Crippen molar-refractivity contribution in [1.82, 2.24) is 0 Å². The molecule has 0 bridgehead atoms. The van der Waals surface area contributed by atoms with E-state index in [9.17, 15) is 10.2 Å². The Hall–Kier alpha value is 2.08. The van der Waals surface area contributed by atoms with Crippen LogP contribution in [0.25, 0.3) is 0 Å². The van der Waals surface area contributed by atoms with E-state index >= 15 is 0 Å². The van der Waals surface area contributed by atoms with Gasteiger partial charge in [0.05, 0.1) is 0 Å². The van der Waals surface area contributed by atoms with Crippen molar-refractivity contribution in [3.8, 4) is 0 Å². The van der Waals surface area contributed by atoms with Gasteiger partial charge in [-0.3, -0.25) is 0 Å². The first-order valence-corrected chi connectivity index (χ1v) is 54.2. The molecule has 0 aliphatic rings. The van der Waals surface area contributed by atoms with Crippen LogP contribution < -0.4 is 0 Å². The van der Waals surface area contributed by atoms with E-state index in [2.05, 4.69) is 157 Å². The normalized spacial score (nSPS) is 15.6. The van der Waals surface area contributed by atoms with Crippen molar-refractivity contribution in [3.63, 3.8) is 0 Å². The van der Waals surface area contributed by atoms with Crippen LogP contribution in [0, 0.1) is 0 Å². The molecule has 332 valence electrons. The molecule has 0 rings (SSSR count). The highest BCUT2D eigenvalue weighted by molar-refractivity contribution is 6.94. The van der Waals surface area contributed by atoms with Crippen molar-refractivity contribution in [3.05, 3.63) is 0 Å². The van der Waals surface area contributed by atoms with Gasteiger partial charge in [0, 0.05) is 13.2 Å². The molecule has 0 fully saturated rings. The Kier molecular flexibility index (Phi) is 21.3. The highest BCUT2D eigenvalue weighted by Gasteiger charge is 2.51. The Labute approximate surface area is 350 Å². The number of rotatable bonds is 28. The summed E-state index contributed by atoms with van der Waals surface area (Å²) in [7, 11) is -30.7. The third-order valence-corrected chi connectivity index (χ3v) is 54.2. The molecule has 0 radical (unpaired) electrons. The lowest BCUT2D eigenvalue weighted by atomic mass is 10.5. The third-order valence-electron chi connectivity index (χ3n) is 7.34. The highest BCUT2D eigenvalue weighted by Crippen LogP contribution is 2.32. The maximum Gasteiger partial charge on any atom is 0.314 e. The van der Waals surface area contributed by atoms with Crippen molar-refractivity contribution in [2.75, 3.05) is 13.2 Å². The number of hydrogen-bond donors (Lipinski definition) is 2. The van der Waals surface area contributed by atoms with Gasteiger partial charge in [-0.15, -0.1) is 0 Å². The largest absolute Gasteiger partial charge is 0.436 e. The molecule has 0 heterocycles. The highest BCUT2D eigenvalue weighted by atomic mass is 28.5. The predicted octanol–water partition coefficient (Wildman–Crippen LogP) is 9.36. The quantitative estimate of drug-likeness (QED) is 0.0720. The molecule has 0 amide bonds. The first-order valence-electron chi connectivity index (χ1n) is 19.8. The molecule has 2 N–H and O–H groups in total. The summed E-state index contributed by atoms with van der Waals surface area (Å²) < 4.78 is 74.2.